The van der Waals surface area contributed by atoms with Gasteiger partial charge in [-0.1, -0.05) is 0 Å². The minimum atomic E-state index is 0.972. The predicted octanol–water partition coefficient (Wildman–Crippen LogP) is -0.205. The summed E-state index contributed by atoms with van der Waals surface area (Å²) in [5.74, 6) is 0. The molecule has 2 heteroatoms. The first kappa shape index (κ1) is 4.50. The molecule has 0 aromatic carbocycles. The number of hydrogen-bond donors (Lipinski definition) is 0. The molecule has 0 heterocycles. The fourth-order valence-corrected chi connectivity index (χ4v) is 0. The summed E-state index contributed by atoms with van der Waals surface area (Å²) < 4.78 is 0.972. The summed E-state index contributed by atoms with van der Waals surface area (Å²) in [6, 6.07) is 0. The third-order valence-corrected chi connectivity index (χ3v) is 0. The van der Waals surface area contributed by atoms with Crippen LogP contribution in [-0.2, 0) is 0 Å². The van der Waals surface area contributed by atoms with Crippen molar-refractivity contribution in [3.05, 3.63) is 10.6 Å². The second kappa shape index (κ2) is 1.79. The third-order valence-electron chi connectivity index (χ3n) is 0. The van der Waals surface area contributed by atoms with Crippen molar-refractivity contribution in [2.24, 2.45) is 0 Å². The van der Waals surface area contributed by atoms with Gasteiger partial charge in [0.05, 0.1) is 0 Å². The van der Waals surface area contributed by atoms with Crippen LogP contribution in [0.25, 0.3) is 0 Å². The third kappa shape index (κ3) is 22.5. The number of hydrogen-bond acceptors (Lipinski definition) is 0. The maximum absolute atomic E-state index is 3.47. The van der Waals surface area contributed by atoms with Gasteiger partial charge in [0, 0.05) is 0 Å². The summed E-state index contributed by atoms with van der Waals surface area (Å²) in [6.07, 6.45) is 0. The van der Waals surface area contributed by atoms with Gasteiger partial charge in [-0.2, -0.15) is 0 Å². The Morgan fingerprint density at radius 2 is 2.00 bits per heavy atom. The van der Waals surface area contributed by atoms with Crippen LogP contribution in [0.1, 0.15) is 0 Å². The molecule has 0 aliphatic carbocycles. The molecular weight excluding hydrogens is 125 g/mol. The van der Waals surface area contributed by atoms with E-state index in [1.54, 1.807) is 0 Å². The summed E-state index contributed by atoms with van der Waals surface area (Å²) in [5.41, 5.74) is 0. The van der Waals surface area contributed by atoms with Crippen molar-refractivity contribution in [1.82, 2.24) is 0 Å². The summed E-state index contributed by atoms with van der Waals surface area (Å²) in [5, 5.41) is 0. The molecule has 0 N–H and O–H groups in total. The van der Waals surface area contributed by atoms with Crippen molar-refractivity contribution >= 4 is 26.8 Å². The van der Waals surface area contributed by atoms with Crippen LogP contribution in [0.2, 0.25) is 0 Å². The normalized spacial score (nSPS) is 6.50. The van der Waals surface area contributed by atoms with Crippen LogP contribution in [-0.4, -0.2) is 26.8 Å². The van der Waals surface area contributed by atoms with E-state index < -0.39 is 0 Å². The van der Waals surface area contributed by atoms with Gasteiger partial charge in [0.15, 0.2) is 0 Å². The maximum atomic E-state index is 3.47. The molecule has 18 valence electrons. The molecule has 0 unspecified atom stereocenters. The zero-order chi connectivity index (χ0) is 3.58. The summed E-state index contributed by atoms with van der Waals surface area (Å²) in [6.45, 7) is 3.47. The Morgan fingerprint density at radius 3 is 2.00 bits per heavy atom. The molecule has 0 spiro atoms. The van der Waals surface area contributed by atoms with E-state index in [4.69, 9.17) is 0 Å². The van der Waals surface area contributed by atoms with Gasteiger partial charge < -0.3 is 0 Å². The summed E-state index contributed by atoms with van der Waals surface area (Å²) >= 11 is 1.89. The SMILES string of the molecule is C=[C]([Si])[Ge]. The quantitative estimate of drug-likeness (QED) is 0.395. The standard InChI is InChI=1S/C2H2GeSi/c1-2(3)4/h1H2. The second-order valence-electron chi connectivity index (χ2n) is 0.479. The first-order valence-corrected chi connectivity index (χ1v) is 2.40. The van der Waals surface area contributed by atoms with Gasteiger partial charge in [-0.3, -0.25) is 0 Å². The van der Waals surface area contributed by atoms with Crippen LogP contribution in [0.3, 0.4) is 0 Å². The predicted molar refractivity (Wildman–Crippen MR) is 20.6 cm³/mol. The molecule has 6 radical (unpaired) electrons. The average Bonchev–Trinajstić information content (AvgIpc) is 0.811. The number of rotatable bonds is 0. The van der Waals surface area contributed by atoms with E-state index in [9.17, 15) is 0 Å². The average molecular weight is 127 g/mol. The molecule has 0 bridgehead atoms. The van der Waals surface area contributed by atoms with E-state index in [1.165, 1.54) is 0 Å². The van der Waals surface area contributed by atoms with Crippen molar-refractivity contribution in [2.45, 2.75) is 0 Å². The molecule has 0 fully saturated rings. The molecule has 0 nitrogen and oxygen atoms in total. The molecule has 0 aliphatic heterocycles. The van der Waals surface area contributed by atoms with Gasteiger partial charge in [-0.15, -0.1) is 0 Å². The van der Waals surface area contributed by atoms with Gasteiger partial charge >= 0.3 is 37.4 Å². The fourth-order valence-electron chi connectivity index (χ4n) is 0. The van der Waals surface area contributed by atoms with Crippen LogP contribution in [0.15, 0.2) is 10.6 Å². The Kier molecular flexibility index (Phi) is 2.01. The fraction of sp³-hybridized carbons (Fsp3) is 0. The van der Waals surface area contributed by atoms with E-state index >= 15 is 0 Å². The van der Waals surface area contributed by atoms with E-state index in [-0.39, 0.29) is 0 Å². The summed E-state index contributed by atoms with van der Waals surface area (Å²) in [4.78, 5) is 0. The van der Waals surface area contributed by atoms with Crippen molar-refractivity contribution in [2.75, 3.05) is 0 Å². The van der Waals surface area contributed by atoms with Crippen LogP contribution < -0.4 is 0 Å². The van der Waals surface area contributed by atoms with E-state index in [2.05, 4.69) is 16.8 Å². The molecular formula is C2H2GeSi. The van der Waals surface area contributed by atoms with Gasteiger partial charge in [0.1, 0.15) is 0 Å². The molecule has 0 rings (SSSR count). The molecule has 0 saturated heterocycles. The molecule has 4 heavy (non-hydrogen) atoms. The molecule has 0 aromatic heterocycles. The van der Waals surface area contributed by atoms with Crippen LogP contribution in [0.5, 0.6) is 0 Å². The molecule has 0 amide bonds. The van der Waals surface area contributed by atoms with E-state index in [0.717, 1.165) is 4.03 Å². The topological polar surface area (TPSA) is 0 Å². The van der Waals surface area contributed by atoms with Crippen molar-refractivity contribution in [1.29, 1.82) is 0 Å². The van der Waals surface area contributed by atoms with E-state index in [0.29, 0.717) is 0 Å². The second-order valence-corrected chi connectivity index (χ2v) is 3.40. The van der Waals surface area contributed by atoms with Gasteiger partial charge in [0.2, 0.25) is 0 Å². The monoisotopic (exact) mass is 128 g/mol. The van der Waals surface area contributed by atoms with Gasteiger partial charge in [0.25, 0.3) is 0 Å². The molecule has 0 saturated carbocycles. The molecule has 0 aliphatic rings. The van der Waals surface area contributed by atoms with Crippen molar-refractivity contribution in [3.8, 4) is 0 Å². The first-order chi connectivity index (χ1) is 1.73. The Morgan fingerprint density at radius 1 is 2.00 bits per heavy atom. The Hall–Kier alpha value is 0.500. The Balaban J connectivity index is 2.80. The van der Waals surface area contributed by atoms with Gasteiger partial charge in [-0.25, -0.2) is 0 Å². The van der Waals surface area contributed by atoms with E-state index in [1.807, 2.05) is 16.5 Å². The molecule has 0 aromatic rings. The Bertz CT molecular complexity index is 29.0. The first-order valence-electron chi connectivity index (χ1n) is 0.854. The minimum absolute atomic E-state index is 0.972. The zero-order valence-electron chi connectivity index (χ0n) is 2.21. The van der Waals surface area contributed by atoms with Crippen LogP contribution in [0, 0.1) is 0 Å². The summed E-state index contributed by atoms with van der Waals surface area (Å²) in [7, 11) is 3.12. The van der Waals surface area contributed by atoms with Gasteiger partial charge in [-0.05, 0) is 0 Å². The molecule has 0 atom stereocenters. The zero-order valence-corrected chi connectivity index (χ0v) is 5.31. The van der Waals surface area contributed by atoms with Crippen LogP contribution >= 0.6 is 0 Å². The Labute approximate surface area is 37.9 Å². The van der Waals surface area contributed by atoms with Crippen molar-refractivity contribution in [3.63, 3.8) is 0 Å². The van der Waals surface area contributed by atoms with Crippen LogP contribution in [0.4, 0.5) is 0 Å². The van der Waals surface area contributed by atoms with Crippen molar-refractivity contribution < 1.29 is 0 Å².